The van der Waals surface area contributed by atoms with Crippen LogP contribution in [0.25, 0.3) is 0 Å². The Hall–Kier alpha value is -1.84. The second-order valence-corrected chi connectivity index (χ2v) is 4.22. The molecule has 1 aromatic rings. The van der Waals surface area contributed by atoms with Gasteiger partial charge in [0.25, 0.3) is 0 Å². The van der Waals surface area contributed by atoms with Crippen molar-refractivity contribution in [1.29, 1.82) is 0 Å². The van der Waals surface area contributed by atoms with Crippen molar-refractivity contribution < 1.29 is 9.59 Å². The van der Waals surface area contributed by atoms with Gasteiger partial charge in [0.1, 0.15) is 0 Å². The van der Waals surface area contributed by atoms with Gasteiger partial charge in [0.05, 0.1) is 0 Å². The average molecular weight is 248 g/mol. The molecule has 0 unspecified atom stereocenters. The number of anilines is 1. The van der Waals surface area contributed by atoms with Crippen molar-refractivity contribution in [2.24, 2.45) is 0 Å². The van der Waals surface area contributed by atoms with E-state index in [1.54, 1.807) is 24.3 Å². The van der Waals surface area contributed by atoms with Crippen molar-refractivity contribution in [1.82, 2.24) is 5.32 Å². The summed E-state index contributed by atoms with van der Waals surface area (Å²) in [5.41, 5.74) is 1.23. The van der Waals surface area contributed by atoms with Gasteiger partial charge in [0.2, 0.25) is 0 Å². The molecule has 1 rings (SSSR count). The Bertz CT molecular complexity index is 416. The lowest BCUT2D eigenvalue weighted by Gasteiger charge is -2.08. The molecule has 4 heteroatoms. The molecule has 0 bridgehead atoms. The van der Waals surface area contributed by atoms with Crippen LogP contribution in [-0.2, 0) is 0 Å². The Morgan fingerprint density at radius 2 is 2.00 bits per heavy atom. The summed E-state index contributed by atoms with van der Waals surface area (Å²) in [5.74, 6) is -0.0120. The van der Waals surface area contributed by atoms with Gasteiger partial charge in [-0.15, -0.1) is 0 Å². The van der Waals surface area contributed by atoms with Gasteiger partial charge in [-0.1, -0.05) is 31.9 Å². The van der Waals surface area contributed by atoms with Gasteiger partial charge >= 0.3 is 6.03 Å². The molecule has 4 nitrogen and oxygen atoms in total. The van der Waals surface area contributed by atoms with Gasteiger partial charge in [0.15, 0.2) is 5.78 Å². The number of carbonyl (C=O) groups is 2. The van der Waals surface area contributed by atoms with E-state index in [-0.39, 0.29) is 11.8 Å². The predicted molar refractivity (Wildman–Crippen MR) is 73.0 cm³/mol. The molecule has 0 radical (unpaired) electrons. The summed E-state index contributed by atoms with van der Waals surface area (Å²) in [7, 11) is 0. The summed E-state index contributed by atoms with van der Waals surface area (Å²) in [6.07, 6.45) is 3.22. The highest BCUT2D eigenvalue weighted by Crippen LogP contribution is 2.10. The summed E-state index contributed by atoms with van der Waals surface area (Å²) in [6.45, 7) is 4.29. The molecule has 2 N–H and O–H groups in total. The van der Waals surface area contributed by atoms with E-state index in [1.165, 1.54) is 6.92 Å². The fourth-order valence-corrected chi connectivity index (χ4v) is 1.57. The molecule has 18 heavy (non-hydrogen) atoms. The smallest absolute Gasteiger partial charge is 0.319 e. The molecule has 0 fully saturated rings. The molecule has 0 atom stereocenters. The lowest BCUT2D eigenvalue weighted by molar-refractivity contribution is 0.101. The summed E-state index contributed by atoms with van der Waals surface area (Å²) in [6, 6.07) is 6.69. The SMILES string of the molecule is CCCCCNC(=O)Nc1cccc(C(C)=O)c1. The molecule has 0 aliphatic heterocycles. The topological polar surface area (TPSA) is 58.2 Å². The molecule has 0 heterocycles. The molecular formula is C14H20N2O2. The largest absolute Gasteiger partial charge is 0.338 e. The van der Waals surface area contributed by atoms with Crippen LogP contribution in [0.4, 0.5) is 10.5 Å². The number of hydrogen-bond donors (Lipinski definition) is 2. The van der Waals surface area contributed by atoms with E-state index in [9.17, 15) is 9.59 Å². The second kappa shape index (κ2) is 7.48. The number of Topliss-reactive ketones (excluding diaryl/α,β-unsaturated/α-hetero) is 1. The van der Waals surface area contributed by atoms with Crippen LogP contribution in [0.3, 0.4) is 0 Å². The third-order valence-electron chi connectivity index (χ3n) is 2.59. The van der Waals surface area contributed by atoms with Crippen LogP contribution in [-0.4, -0.2) is 18.4 Å². The van der Waals surface area contributed by atoms with Crippen LogP contribution in [0.15, 0.2) is 24.3 Å². The first-order chi connectivity index (χ1) is 8.63. The van der Waals surface area contributed by atoms with Gasteiger partial charge in [-0.05, 0) is 25.5 Å². The Kier molecular flexibility index (Phi) is 5.91. The lowest BCUT2D eigenvalue weighted by atomic mass is 10.1. The van der Waals surface area contributed by atoms with Gasteiger partial charge in [0, 0.05) is 17.8 Å². The van der Waals surface area contributed by atoms with Crippen molar-refractivity contribution in [2.75, 3.05) is 11.9 Å². The first-order valence-corrected chi connectivity index (χ1v) is 6.29. The highest BCUT2D eigenvalue weighted by atomic mass is 16.2. The molecule has 2 amide bonds. The van der Waals surface area contributed by atoms with Gasteiger partial charge in [-0.25, -0.2) is 4.79 Å². The zero-order chi connectivity index (χ0) is 13.4. The van der Waals surface area contributed by atoms with Crippen LogP contribution in [0, 0.1) is 0 Å². The highest BCUT2D eigenvalue weighted by molar-refractivity contribution is 5.96. The Morgan fingerprint density at radius 1 is 1.22 bits per heavy atom. The van der Waals surface area contributed by atoms with Gasteiger partial charge < -0.3 is 10.6 Å². The third-order valence-corrected chi connectivity index (χ3v) is 2.59. The fraction of sp³-hybridized carbons (Fsp3) is 0.429. The number of hydrogen-bond acceptors (Lipinski definition) is 2. The summed E-state index contributed by atoms with van der Waals surface area (Å²) in [4.78, 5) is 22.7. The quantitative estimate of drug-likeness (QED) is 0.600. The number of unbranched alkanes of at least 4 members (excludes halogenated alkanes) is 2. The minimum atomic E-state index is -0.230. The zero-order valence-electron chi connectivity index (χ0n) is 11.0. The van der Waals surface area contributed by atoms with Crippen molar-refractivity contribution in [3.63, 3.8) is 0 Å². The Labute approximate surface area is 108 Å². The fourth-order valence-electron chi connectivity index (χ4n) is 1.57. The van der Waals surface area contributed by atoms with E-state index < -0.39 is 0 Å². The van der Waals surface area contributed by atoms with Crippen LogP contribution in [0.5, 0.6) is 0 Å². The van der Waals surface area contributed by atoms with Crippen molar-refractivity contribution >= 4 is 17.5 Å². The van der Waals surface area contributed by atoms with Gasteiger partial charge in [-0.2, -0.15) is 0 Å². The summed E-state index contributed by atoms with van der Waals surface area (Å²) < 4.78 is 0. The maximum absolute atomic E-state index is 11.5. The summed E-state index contributed by atoms with van der Waals surface area (Å²) in [5, 5.41) is 5.49. The molecule has 0 aliphatic rings. The number of nitrogens with one attached hydrogen (secondary N) is 2. The molecule has 0 aromatic heterocycles. The van der Waals surface area contributed by atoms with E-state index in [2.05, 4.69) is 17.6 Å². The highest BCUT2D eigenvalue weighted by Gasteiger charge is 2.03. The van der Waals surface area contributed by atoms with Crippen molar-refractivity contribution in [3.8, 4) is 0 Å². The molecule has 98 valence electrons. The van der Waals surface area contributed by atoms with E-state index in [4.69, 9.17) is 0 Å². The molecule has 1 aromatic carbocycles. The molecule has 0 saturated carbocycles. The van der Waals surface area contributed by atoms with E-state index in [0.717, 1.165) is 19.3 Å². The zero-order valence-corrected chi connectivity index (χ0v) is 11.0. The standard InChI is InChI=1S/C14H20N2O2/c1-3-4-5-9-15-14(18)16-13-8-6-7-12(10-13)11(2)17/h6-8,10H,3-5,9H2,1-2H3,(H2,15,16,18). The second-order valence-electron chi connectivity index (χ2n) is 4.22. The maximum atomic E-state index is 11.5. The van der Waals surface area contributed by atoms with Gasteiger partial charge in [-0.3, -0.25) is 4.79 Å². The normalized spacial score (nSPS) is 9.89. The molecule has 0 saturated heterocycles. The first kappa shape index (κ1) is 14.2. The van der Waals surface area contributed by atoms with E-state index in [0.29, 0.717) is 17.8 Å². The molecule has 0 aliphatic carbocycles. The van der Waals surface area contributed by atoms with Crippen molar-refractivity contribution in [3.05, 3.63) is 29.8 Å². The lowest BCUT2D eigenvalue weighted by Crippen LogP contribution is -2.29. The van der Waals surface area contributed by atoms with Crippen LogP contribution in [0.2, 0.25) is 0 Å². The van der Waals surface area contributed by atoms with E-state index in [1.807, 2.05) is 0 Å². The third kappa shape index (κ3) is 4.99. The molecular weight excluding hydrogens is 228 g/mol. The first-order valence-electron chi connectivity index (χ1n) is 6.29. The number of rotatable bonds is 6. The van der Waals surface area contributed by atoms with Crippen LogP contribution in [0.1, 0.15) is 43.5 Å². The maximum Gasteiger partial charge on any atom is 0.319 e. The number of urea groups is 1. The number of carbonyl (C=O) groups excluding carboxylic acids is 2. The number of amides is 2. The minimum absolute atomic E-state index is 0.0120. The summed E-state index contributed by atoms with van der Waals surface area (Å²) >= 11 is 0. The van der Waals surface area contributed by atoms with Crippen LogP contribution >= 0.6 is 0 Å². The Balaban J connectivity index is 2.44. The van der Waals surface area contributed by atoms with E-state index >= 15 is 0 Å². The van der Waals surface area contributed by atoms with Crippen molar-refractivity contribution in [2.45, 2.75) is 33.1 Å². The average Bonchev–Trinajstić information content (AvgIpc) is 2.35. The predicted octanol–water partition coefficient (Wildman–Crippen LogP) is 3.20. The number of benzene rings is 1. The Morgan fingerprint density at radius 3 is 2.67 bits per heavy atom. The minimum Gasteiger partial charge on any atom is -0.338 e. The molecule has 0 spiro atoms. The monoisotopic (exact) mass is 248 g/mol. The van der Waals surface area contributed by atoms with Crippen LogP contribution < -0.4 is 10.6 Å². The number of ketones is 1.